The van der Waals surface area contributed by atoms with Gasteiger partial charge in [-0.3, -0.25) is 4.57 Å². The van der Waals surface area contributed by atoms with Gasteiger partial charge in [0.25, 0.3) is 0 Å². The second kappa shape index (κ2) is 5.89. The van der Waals surface area contributed by atoms with Crippen molar-refractivity contribution in [1.82, 2.24) is 9.55 Å². The average Bonchev–Trinajstić information content (AvgIpc) is 2.93. The summed E-state index contributed by atoms with van der Waals surface area (Å²) in [5.41, 5.74) is 2.65. The molecule has 94 valence electrons. The van der Waals surface area contributed by atoms with Crippen LogP contribution in [0.15, 0.2) is 22.6 Å². The van der Waals surface area contributed by atoms with E-state index in [0.29, 0.717) is 0 Å². The third-order valence-electron chi connectivity index (χ3n) is 3.45. The topological polar surface area (TPSA) is 37.8 Å². The van der Waals surface area contributed by atoms with E-state index in [2.05, 4.69) is 18.0 Å². The standard InChI is InChI=1S/C14H22N2O/c1-2-3-8-13-11-16(14(17)15-13)10-9-12-6-4-5-7-12/h6,11H,2-5,7-10H2,1H3,(H,15,17). The quantitative estimate of drug-likeness (QED) is 0.755. The fourth-order valence-electron chi connectivity index (χ4n) is 2.38. The van der Waals surface area contributed by atoms with Crippen molar-refractivity contribution in [3.8, 4) is 0 Å². The van der Waals surface area contributed by atoms with Gasteiger partial charge in [-0.05, 0) is 38.5 Å². The van der Waals surface area contributed by atoms with Gasteiger partial charge in [-0.15, -0.1) is 0 Å². The molecule has 17 heavy (non-hydrogen) atoms. The average molecular weight is 234 g/mol. The summed E-state index contributed by atoms with van der Waals surface area (Å²) in [5, 5.41) is 0. The summed E-state index contributed by atoms with van der Waals surface area (Å²) < 4.78 is 1.82. The molecule has 0 spiro atoms. The third-order valence-corrected chi connectivity index (χ3v) is 3.45. The number of H-pyrrole nitrogens is 1. The van der Waals surface area contributed by atoms with Gasteiger partial charge in [0.1, 0.15) is 0 Å². The molecule has 0 aliphatic heterocycles. The highest BCUT2D eigenvalue weighted by atomic mass is 16.1. The molecule has 2 rings (SSSR count). The number of allylic oxidation sites excluding steroid dienone is 2. The predicted molar refractivity (Wildman–Crippen MR) is 70.2 cm³/mol. The molecule has 1 aliphatic rings. The molecule has 0 aromatic carbocycles. The molecule has 3 heteroatoms. The molecule has 1 N–H and O–H groups in total. The molecule has 1 aliphatic carbocycles. The van der Waals surface area contributed by atoms with Crippen molar-refractivity contribution in [1.29, 1.82) is 0 Å². The highest BCUT2D eigenvalue weighted by molar-refractivity contribution is 5.07. The Morgan fingerprint density at radius 1 is 1.41 bits per heavy atom. The Morgan fingerprint density at radius 3 is 3.00 bits per heavy atom. The van der Waals surface area contributed by atoms with Crippen LogP contribution in [0.1, 0.15) is 51.1 Å². The Labute approximate surface area is 103 Å². The molecular weight excluding hydrogens is 212 g/mol. The number of aromatic amines is 1. The van der Waals surface area contributed by atoms with Crippen LogP contribution in [0.3, 0.4) is 0 Å². The molecule has 0 atom stereocenters. The van der Waals surface area contributed by atoms with E-state index in [-0.39, 0.29) is 5.69 Å². The molecule has 0 amide bonds. The summed E-state index contributed by atoms with van der Waals surface area (Å²) in [5.74, 6) is 0. The van der Waals surface area contributed by atoms with Gasteiger partial charge in [0.05, 0.1) is 0 Å². The van der Waals surface area contributed by atoms with Crippen molar-refractivity contribution in [3.05, 3.63) is 34.0 Å². The molecule has 0 radical (unpaired) electrons. The summed E-state index contributed by atoms with van der Waals surface area (Å²) in [6, 6.07) is 0. The second-order valence-electron chi connectivity index (χ2n) is 4.89. The maximum Gasteiger partial charge on any atom is 0.325 e. The Hall–Kier alpha value is -1.25. The minimum Gasteiger partial charge on any atom is -0.310 e. The van der Waals surface area contributed by atoms with Crippen LogP contribution in [0.4, 0.5) is 0 Å². The van der Waals surface area contributed by atoms with E-state index in [1.54, 1.807) is 0 Å². The molecule has 0 bridgehead atoms. The number of aromatic nitrogens is 2. The molecular formula is C14H22N2O. The summed E-state index contributed by atoms with van der Waals surface area (Å²) >= 11 is 0. The first-order valence-corrected chi connectivity index (χ1v) is 6.76. The zero-order valence-electron chi connectivity index (χ0n) is 10.7. The molecule has 0 unspecified atom stereocenters. The van der Waals surface area contributed by atoms with Gasteiger partial charge in [-0.25, -0.2) is 4.79 Å². The fourth-order valence-corrected chi connectivity index (χ4v) is 2.38. The molecule has 1 aromatic heterocycles. The SMILES string of the molecule is CCCCc1cn(CCC2=CCCC2)c(=O)[nH]1. The first-order chi connectivity index (χ1) is 8.29. The van der Waals surface area contributed by atoms with E-state index in [4.69, 9.17) is 0 Å². The van der Waals surface area contributed by atoms with Crippen molar-refractivity contribution in [3.63, 3.8) is 0 Å². The summed E-state index contributed by atoms with van der Waals surface area (Å²) in [7, 11) is 0. The Kier molecular flexibility index (Phi) is 4.24. The predicted octanol–water partition coefficient (Wildman–Crippen LogP) is 3.02. The number of unbranched alkanes of at least 4 members (excludes halogenated alkanes) is 1. The van der Waals surface area contributed by atoms with Gasteiger partial charge < -0.3 is 4.98 Å². The van der Waals surface area contributed by atoms with E-state index in [0.717, 1.165) is 31.5 Å². The number of nitrogens with one attached hydrogen (secondary N) is 1. The van der Waals surface area contributed by atoms with Gasteiger partial charge in [0.2, 0.25) is 0 Å². The fraction of sp³-hybridized carbons (Fsp3) is 0.643. The molecule has 3 nitrogen and oxygen atoms in total. The smallest absolute Gasteiger partial charge is 0.310 e. The maximum absolute atomic E-state index is 11.7. The Bertz CT molecular complexity index is 439. The normalized spacial score (nSPS) is 15.2. The first kappa shape index (κ1) is 12.2. The highest BCUT2D eigenvalue weighted by Gasteiger charge is 2.06. The van der Waals surface area contributed by atoms with Crippen molar-refractivity contribution in [2.24, 2.45) is 0 Å². The molecule has 1 aromatic rings. The largest absolute Gasteiger partial charge is 0.325 e. The lowest BCUT2D eigenvalue weighted by Crippen LogP contribution is -2.16. The van der Waals surface area contributed by atoms with E-state index >= 15 is 0 Å². The summed E-state index contributed by atoms with van der Waals surface area (Å²) in [4.78, 5) is 14.6. The number of hydrogen-bond acceptors (Lipinski definition) is 1. The second-order valence-corrected chi connectivity index (χ2v) is 4.89. The number of hydrogen-bond donors (Lipinski definition) is 1. The van der Waals surface area contributed by atoms with Crippen LogP contribution in [-0.2, 0) is 13.0 Å². The number of aryl methyl sites for hydroxylation is 2. The number of rotatable bonds is 6. The lowest BCUT2D eigenvalue weighted by molar-refractivity contribution is 0.657. The van der Waals surface area contributed by atoms with E-state index < -0.39 is 0 Å². The highest BCUT2D eigenvalue weighted by Crippen LogP contribution is 2.20. The third kappa shape index (κ3) is 3.35. The van der Waals surface area contributed by atoms with Gasteiger partial charge in [0.15, 0.2) is 0 Å². The van der Waals surface area contributed by atoms with Gasteiger partial charge in [0, 0.05) is 18.4 Å². The molecule has 0 saturated carbocycles. The first-order valence-electron chi connectivity index (χ1n) is 6.76. The van der Waals surface area contributed by atoms with Crippen LogP contribution >= 0.6 is 0 Å². The maximum atomic E-state index is 11.7. The number of imidazole rings is 1. The zero-order valence-corrected chi connectivity index (χ0v) is 10.7. The molecule has 0 saturated heterocycles. The lowest BCUT2D eigenvalue weighted by Gasteiger charge is -2.01. The Balaban J connectivity index is 1.91. The van der Waals surface area contributed by atoms with Crippen LogP contribution in [0.25, 0.3) is 0 Å². The minimum absolute atomic E-state index is 0.0506. The minimum atomic E-state index is 0.0506. The van der Waals surface area contributed by atoms with E-state index in [1.165, 1.54) is 31.3 Å². The Morgan fingerprint density at radius 2 is 2.29 bits per heavy atom. The number of nitrogens with zero attached hydrogens (tertiary/aromatic N) is 1. The summed E-state index contributed by atoms with van der Waals surface area (Å²) in [6.07, 6.45) is 12.4. The van der Waals surface area contributed by atoms with Crippen LogP contribution in [-0.4, -0.2) is 9.55 Å². The van der Waals surface area contributed by atoms with Crippen LogP contribution in [0.5, 0.6) is 0 Å². The van der Waals surface area contributed by atoms with Crippen LogP contribution < -0.4 is 5.69 Å². The van der Waals surface area contributed by atoms with Crippen LogP contribution in [0, 0.1) is 0 Å². The van der Waals surface area contributed by atoms with Gasteiger partial charge >= 0.3 is 5.69 Å². The van der Waals surface area contributed by atoms with Crippen molar-refractivity contribution in [2.75, 3.05) is 0 Å². The van der Waals surface area contributed by atoms with E-state index in [1.807, 2.05) is 10.8 Å². The monoisotopic (exact) mass is 234 g/mol. The van der Waals surface area contributed by atoms with Gasteiger partial charge in [-0.1, -0.05) is 25.0 Å². The molecule has 0 fully saturated rings. The zero-order chi connectivity index (χ0) is 12.1. The summed E-state index contributed by atoms with van der Waals surface area (Å²) in [6.45, 7) is 3.00. The van der Waals surface area contributed by atoms with E-state index in [9.17, 15) is 4.79 Å². The van der Waals surface area contributed by atoms with Crippen molar-refractivity contribution >= 4 is 0 Å². The van der Waals surface area contributed by atoms with Gasteiger partial charge in [-0.2, -0.15) is 0 Å². The van der Waals surface area contributed by atoms with Crippen LogP contribution in [0.2, 0.25) is 0 Å². The van der Waals surface area contributed by atoms with Crippen molar-refractivity contribution < 1.29 is 0 Å². The molecule has 1 heterocycles. The van der Waals surface area contributed by atoms with Crippen molar-refractivity contribution in [2.45, 2.75) is 58.4 Å². The lowest BCUT2D eigenvalue weighted by atomic mass is 10.2.